The van der Waals surface area contributed by atoms with E-state index in [9.17, 15) is 4.79 Å². The Hall–Kier alpha value is -1.91. The SMILES string of the molecule is CCNC(=NCCC(=O)N1CCCC1)NC1CCN(c2cc(OC)cc(OC)c2)C1.I. The second-order valence-corrected chi connectivity index (χ2v) is 7.75. The van der Waals surface area contributed by atoms with Gasteiger partial charge in [-0.05, 0) is 26.2 Å². The van der Waals surface area contributed by atoms with E-state index in [-0.39, 0.29) is 35.9 Å². The first-order valence-electron chi connectivity index (χ1n) is 10.9. The molecule has 1 aromatic rings. The van der Waals surface area contributed by atoms with Crippen LogP contribution >= 0.6 is 24.0 Å². The van der Waals surface area contributed by atoms with Gasteiger partial charge in [-0.15, -0.1) is 24.0 Å². The highest BCUT2D eigenvalue weighted by Crippen LogP contribution is 2.30. The first-order chi connectivity index (χ1) is 14.6. The average Bonchev–Trinajstić information content (AvgIpc) is 3.46. The van der Waals surface area contributed by atoms with Gasteiger partial charge < -0.3 is 29.9 Å². The monoisotopic (exact) mass is 545 g/mol. The Kier molecular flexibility index (Phi) is 10.5. The van der Waals surface area contributed by atoms with Crippen LogP contribution in [0.5, 0.6) is 11.5 Å². The quantitative estimate of drug-likeness (QED) is 0.297. The summed E-state index contributed by atoms with van der Waals surface area (Å²) in [4.78, 5) is 21.1. The molecule has 2 N–H and O–H groups in total. The Balaban J connectivity index is 0.00000341. The van der Waals surface area contributed by atoms with Gasteiger partial charge in [-0.1, -0.05) is 0 Å². The third-order valence-electron chi connectivity index (χ3n) is 5.63. The van der Waals surface area contributed by atoms with Crippen molar-refractivity contribution in [3.8, 4) is 11.5 Å². The Morgan fingerprint density at radius 1 is 1.13 bits per heavy atom. The first kappa shape index (κ1) is 25.4. The van der Waals surface area contributed by atoms with Crippen molar-refractivity contribution in [1.29, 1.82) is 0 Å². The summed E-state index contributed by atoms with van der Waals surface area (Å²) in [5.41, 5.74) is 1.09. The van der Waals surface area contributed by atoms with Gasteiger partial charge in [-0.25, -0.2) is 0 Å². The molecule has 0 saturated carbocycles. The predicted octanol–water partition coefficient (Wildman–Crippen LogP) is 2.47. The van der Waals surface area contributed by atoms with E-state index in [0.717, 1.165) is 75.1 Å². The normalized spacial score (nSPS) is 18.5. The summed E-state index contributed by atoms with van der Waals surface area (Å²) < 4.78 is 10.8. The van der Waals surface area contributed by atoms with Crippen molar-refractivity contribution in [2.24, 2.45) is 4.99 Å². The third-order valence-corrected chi connectivity index (χ3v) is 5.63. The zero-order valence-corrected chi connectivity index (χ0v) is 21.2. The number of ether oxygens (including phenoxy) is 2. The molecule has 8 nitrogen and oxygen atoms in total. The maximum Gasteiger partial charge on any atom is 0.224 e. The molecule has 2 heterocycles. The molecule has 2 aliphatic rings. The van der Waals surface area contributed by atoms with Gasteiger partial charge in [-0.2, -0.15) is 0 Å². The van der Waals surface area contributed by atoms with Crippen molar-refractivity contribution in [3.05, 3.63) is 18.2 Å². The van der Waals surface area contributed by atoms with Crippen LogP contribution < -0.4 is 25.0 Å². The van der Waals surface area contributed by atoms with Gasteiger partial charge in [-0.3, -0.25) is 9.79 Å². The van der Waals surface area contributed by atoms with Gasteiger partial charge in [0.05, 0.1) is 20.8 Å². The first-order valence-corrected chi connectivity index (χ1v) is 10.9. The fourth-order valence-electron chi connectivity index (χ4n) is 3.99. The molecule has 31 heavy (non-hydrogen) atoms. The van der Waals surface area contributed by atoms with Gasteiger partial charge in [0.1, 0.15) is 11.5 Å². The number of likely N-dealkylation sites (tertiary alicyclic amines) is 1. The summed E-state index contributed by atoms with van der Waals surface area (Å²) in [5, 5.41) is 6.83. The van der Waals surface area contributed by atoms with Crippen LogP contribution in [0.3, 0.4) is 0 Å². The molecule has 2 saturated heterocycles. The maximum absolute atomic E-state index is 12.2. The Labute approximate surface area is 202 Å². The molecule has 0 aromatic heterocycles. The highest BCUT2D eigenvalue weighted by molar-refractivity contribution is 14.0. The van der Waals surface area contributed by atoms with Crippen LogP contribution in [0.15, 0.2) is 23.2 Å². The molecule has 174 valence electrons. The fraction of sp³-hybridized carbons (Fsp3) is 0.636. The fourth-order valence-corrected chi connectivity index (χ4v) is 3.99. The molecule has 2 aliphatic heterocycles. The van der Waals surface area contributed by atoms with E-state index in [1.807, 2.05) is 23.1 Å². The molecule has 0 aliphatic carbocycles. The summed E-state index contributed by atoms with van der Waals surface area (Å²) >= 11 is 0. The summed E-state index contributed by atoms with van der Waals surface area (Å²) in [7, 11) is 3.33. The van der Waals surface area contributed by atoms with Crippen LogP contribution in [0.2, 0.25) is 0 Å². The second-order valence-electron chi connectivity index (χ2n) is 7.75. The topological polar surface area (TPSA) is 78.4 Å². The molecule has 1 unspecified atom stereocenters. The molecule has 1 atom stereocenters. The minimum absolute atomic E-state index is 0. The van der Waals surface area contributed by atoms with Crippen molar-refractivity contribution in [3.63, 3.8) is 0 Å². The lowest BCUT2D eigenvalue weighted by molar-refractivity contribution is -0.129. The highest BCUT2D eigenvalue weighted by Gasteiger charge is 2.24. The Morgan fingerprint density at radius 2 is 1.81 bits per heavy atom. The smallest absolute Gasteiger partial charge is 0.224 e. The lowest BCUT2D eigenvalue weighted by Crippen LogP contribution is -2.44. The number of anilines is 1. The van der Waals surface area contributed by atoms with E-state index in [0.29, 0.717) is 13.0 Å². The second kappa shape index (κ2) is 12.8. The van der Waals surface area contributed by atoms with Crippen LogP contribution in [0.4, 0.5) is 5.69 Å². The zero-order valence-electron chi connectivity index (χ0n) is 18.9. The van der Waals surface area contributed by atoms with E-state index in [1.54, 1.807) is 14.2 Å². The van der Waals surface area contributed by atoms with E-state index < -0.39 is 0 Å². The lowest BCUT2D eigenvalue weighted by Gasteiger charge is -2.21. The lowest BCUT2D eigenvalue weighted by atomic mass is 10.2. The highest BCUT2D eigenvalue weighted by atomic mass is 127. The summed E-state index contributed by atoms with van der Waals surface area (Å²) in [6, 6.07) is 6.24. The van der Waals surface area contributed by atoms with E-state index in [2.05, 4.69) is 27.4 Å². The number of carbonyl (C=O) groups excluding carboxylic acids is 1. The molecule has 0 radical (unpaired) electrons. The van der Waals surface area contributed by atoms with Crippen LogP contribution in [0.1, 0.15) is 32.6 Å². The van der Waals surface area contributed by atoms with Gasteiger partial charge in [0, 0.05) is 69.1 Å². The molecule has 2 fully saturated rings. The largest absolute Gasteiger partial charge is 0.497 e. The standard InChI is InChI=1S/C22H35N5O3.HI/c1-4-23-22(24-9-7-21(28)26-10-5-6-11-26)25-17-8-12-27(16-17)18-13-19(29-2)15-20(14-18)30-3;/h13-15,17H,4-12,16H2,1-3H3,(H2,23,24,25);1H. The number of amides is 1. The number of hydrogen-bond donors (Lipinski definition) is 2. The van der Waals surface area contributed by atoms with Gasteiger partial charge in [0.25, 0.3) is 0 Å². The minimum Gasteiger partial charge on any atom is -0.497 e. The molecule has 0 bridgehead atoms. The number of nitrogens with one attached hydrogen (secondary N) is 2. The number of nitrogens with zero attached hydrogens (tertiary/aromatic N) is 3. The third kappa shape index (κ3) is 7.33. The van der Waals surface area contributed by atoms with Crippen molar-refractivity contribution in [1.82, 2.24) is 15.5 Å². The van der Waals surface area contributed by atoms with E-state index in [1.165, 1.54) is 0 Å². The molecule has 3 rings (SSSR count). The average molecular weight is 545 g/mol. The van der Waals surface area contributed by atoms with Crippen molar-refractivity contribution in [2.75, 3.05) is 58.4 Å². The predicted molar refractivity (Wildman–Crippen MR) is 135 cm³/mol. The zero-order chi connectivity index (χ0) is 21.3. The van der Waals surface area contributed by atoms with Crippen LogP contribution in [-0.2, 0) is 4.79 Å². The maximum atomic E-state index is 12.2. The Bertz CT molecular complexity index is 718. The van der Waals surface area contributed by atoms with Crippen LogP contribution in [0.25, 0.3) is 0 Å². The molecule has 1 amide bonds. The molecular weight excluding hydrogens is 509 g/mol. The van der Waals surface area contributed by atoms with Crippen molar-refractivity contribution >= 4 is 41.5 Å². The molecule has 9 heteroatoms. The summed E-state index contributed by atoms with van der Waals surface area (Å²) in [5.74, 6) is 2.57. The number of halogens is 1. The van der Waals surface area contributed by atoms with Gasteiger partial charge in [0.15, 0.2) is 5.96 Å². The number of benzene rings is 1. The van der Waals surface area contributed by atoms with Crippen molar-refractivity contribution < 1.29 is 14.3 Å². The molecular formula is C22H36IN5O3. The van der Waals surface area contributed by atoms with Gasteiger partial charge >= 0.3 is 0 Å². The molecule has 0 spiro atoms. The number of carbonyl (C=O) groups is 1. The number of methoxy groups -OCH3 is 2. The molecule has 1 aromatic carbocycles. The summed E-state index contributed by atoms with van der Waals surface area (Å²) in [6.45, 7) is 6.95. The number of aliphatic imine (C=N–C) groups is 1. The van der Waals surface area contributed by atoms with Gasteiger partial charge in [0.2, 0.25) is 5.91 Å². The summed E-state index contributed by atoms with van der Waals surface area (Å²) in [6.07, 6.45) is 3.72. The minimum atomic E-state index is 0. The number of rotatable bonds is 8. The van der Waals surface area contributed by atoms with Crippen LogP contribution in [0, 0.1) is 0 Å². The van der Waals surface area contributed by atoms with Crippen molar-refractivity contribution in [2.45, 2.75) is 38.6 Å². The van der Waals surface area contributed by atoms with Crippen LogP contribution in [-0.4, -0.2) is 76.3 Å². The Morgan fingerprint density at radius 3 is 2.42 bits per heavy atom. The number of hydrogen-bond acceptors (Lipinski definition) is 5. The van der Waals surface area contributed by atoms with E-state index in [4.69, 9.17) is 9.47 Å². The van der Waals surface area contributed by atoms with E-state index >= 15 is 0 Å². The number of guanidine groups is 1.